The molecule has 0 saturated carbocycles. The first-order valence-electron chi connectivity index (χ1n) is 9.79. The molecule has 29 heavy (non-hydrogen) atoms. The van der Waals surface area contributed by atoms with Crippen molar-refractivity contribution in [3.63, 3.8) is 0 Å². The third kappa shape index (κ3) is 5.17. The van der Waals surface area contributed by atoms with Gasteiger partial charge in [0.15, 0.2) is 0 Å². The Balaban J connectivity index is 1.77. The smallest absolute Gasteiger partial charge is 0.127 e. The third-order valence-corrected chi connectivity index (χ3v) is 5.18. The van der Waals surface area contributed by atoms with E-state index in [9.17, 15) is 5.11 Å². The fourth-order valence-corrected chi connectivity index (χ4v) is 3.75. The molecular weight excluding hydrogens is 362 g/mol. The zero-order valence-corrected chi connectivity index (χ0v) is 17.3. The molecule has 0 aliphatic carbocycles. The van der Waals surface area contributed by atoms with Gasteiger partial charge in [-0.05, 0) is 24.1 Å². The van der Waals surface area contributed by atoms with Crippen molar-refractivity contribution < 1.29 is 14.6 Å². The molecule has 3 aromatic rings. The zero-order chi connectivity index (χ0) is 20.7. The Morgan fingerprint density at radius 2 is 1.45 bits per heavy atom. The van der Waals surface area contributed by atoms with Crippen LogP contribution in [0.1, 0.15) is 29.5 Å². The number of ether oxygens (including phenoxy) is 2. The summed E-state index contributed by atoms with van der Waals surface area (Å²) in [4.78, 5) is 0. The van der Waals surface area contributed by atoms with Gasteiger partial charge in [-0.3, -0.25) is 0 Å². The van der Waals surface area contributed by atoms with Gasteiger partial charge in [0.25, 0.3) is 0 Å². The molecule has 0 amide bonds. The number of rotatable bonds is 9. The second-order valence-electron chi connectivity index (χ2n) is 7.39. The molecule has 0 aliphatic rings. The zero-order valence-electron chi connectivity index (χ0n) is 17.3. The monoisotopic (exact) mass is 391 g/mol. The summed E-state index contributed by atoms with van der Waals surface area (Å²) in [6.07, 6.45) is 0. The van der Waals surface area contributed by atoms with E-state index in [1.807, 2.05) is 61.5 Å². The predicted octanol–water partition coefficient (Wildman–Crippen LogP) is 4.38. The Labute approximate surface area is 173 Å². The summed E-state index contributed by atoms with van der Waals surface area (Å²) in [5.41, 5.74) is 2.21. The van der Waals surface area contributed by atoms with Crippen molar-refractivity contribution in [3.8, 4) is 11.5 Å². The molecule has 0 aliphatic heterocycles. The maximum Gasteiger partial charge on any atom is 0.127 e. The molecule has 0 aromatic heterocycles. The molecule has 0 unspecified atom stereocenters. The van der Waals surface area contributed by atoms with Crippen molar-refractivity contribution in [1.29, 1.82) is 0 Å². The molecule has 4 heteroatoms. The third-order valence-electron chi connectivity index (χ3n) is 5.18. The number of aliphatic hydroxyl groups is 1. The molecular formula is C25H29NO3. The molecule has 0 spiro atoms. The minimum absolute atomic E-state index is 0.143. The van der Waals surface area contributed by atoms with E-state index in [1.165, 1.54) is 0 Å². The van der Waals surface area contributed by atoms with E-state index in [1.54, 1.807) is 14.2 Å². The van der Waals surface area contributed by atoms with Crippen molar-refractivity contribution >= 4 is 0 Å². The highest BCUT2D eigenvalue weighted by molar-refractivity contribution is 5.41. The summed E-state index contributed by atoms with van der Waals surface area (Å²) >= 11 is 0. The van der Waals surface area contributed by atoms with Crippen LogP contribution in [-0.2, 0) is 6.54 Å². The normalized spacial score (nSPS) is 13.1. The predicted molar refractivity (Wildman–Crippen MR) is 117 cm³/mol. The second kappa shape index (κ2) is 9.59. The van der Waals surface area contributed by atoms with Crippen LogP contribution in [0.3, 0.4) is 0 Å². The second-order valence-corrected chi connectivity index (χ2v) is 7.39. The quantitative estimate of drug-likeness (QED) is 0.568. The number of methoxy groups -OCH3 is 2. The Morgan fingerprint density at radius 1 is 0.862 bits per heavy atom. The van der Waals surface area contributed by atoms with Gasteiger partial charge < -0.3 is 19.9 Å². The van der Waals surface area contributed by atoms with Gasteiger partial charge in [0.05, 0.1) is 19.8 Å². The van der Waals surface area contributed by atoms with Crippen molar-refractivity contribution in [2.45, 2.75) is 25.0 Å². The van der Waals surface area contributed by atoms with Crippen LogP contribution in [0.15, 0.2) is 78.9 Å². The molecule has 0 bridgehead atoms. The van der Waals surface area contributed by atoms with E-state index in [4.69, 9.17) is 9.47 Å². The summed E-state index contributed by atoms with van der Waals surface area (Å²) in [6.45, 7) is 2.90. The summed E-state index contributed by atoms with van der Waals surface area (Å²) in [5, 5.41) is 14.9. The lowest BCUT2D eigenvalue weighted by atomic mass is 9.78. The maximum atomic E-state index is 11.5. The molecule has 3 rings (SSSR count). The number of nitrogens with one attached hydrogen (secondary N) is 1. The average Bonchev–Trinajstić information content (AvgIpc) is 2.75. The molecule has 0 fully saturated rings. The number of hydrogen-bond acceptors (Lipinski definition) is 4. The average molecular weight is 392 g/mol. The fraction of sp³-hybridized carbons (Fsp3) is 0.280. The summed E-state index contributed by atoms with van der Waals surface area (Å²) in [7, 11) is 3.28. The largest absolute Gasteiger partial charge is 0.497 e. The Hall–Kier alpha value is -2.82. The van der Waals surface area contributed by atoms with Gasteiger partial charge in [-0.2, -0.15) is 0 Å². The summed E-state index contributed by atoms with van der Waals surface area (Å²) in [6, 6.07) is 26.1. The van der Waals surface area contributed by atoms with E-state index in [0.29, 0.717) is 13.1 Å². The van der Waals surface area contributed by atoms with E-state index in [0.717, 1.165) is 28.2 Å². The van der Waals surface area contributed by atoms with Crippen LogP contribution in [0.25, 0.3) is 0 Å². The molecule has 152 valence electrons. The van der Waals surface area contributed by atoms with Crippen LogP contribution in [0.5, 0.6) is 11.5 Å². The van der Waals surface area contributed by atoms with E-state index < -0.39 is 5.60 Å². The lowest BCUT2D eigenvalue weighted by Gasteiger charge is -2.34. The van der Waals surface area contributed by atoms with Crippen LogP contribution in [0.2, 0.25) is 0 Å². The summed E-state index contributed by atoms with van der Waals surface area (Å²) < 4.78 is 10.7. The van der Waals surface area contributed by atoms with Gasteiger partial charge in [-0.15, -0.1) is 0 Å². The van der Waals surface area contributed by atoms with E-state index in [-0.39, 0.29) is 5.92 Å². The van der Waals surface area contributed by atoms with Crippen LogP contribution < -0.4 is 14.8 Å². The molecule has 0 saturated heterocycles. The number of benzene rings is 3. The van der Waals surface area contributed by atoms with E-state index in [2.05, 4.69) is 29.6 Å². The molecule has 0 heterocycles. The van der Waals surface area contributed by atoms with Gasteiger partial charge in [0, 0.05) is 30.6 Å². The van der Waals surface area contributed by atoms with Crippen LogP contribution >= 0.6 is 0 Å². The van der Waals surface area contributed by atoms with Gasteiger partial charge in [-0.25, -0.2) is 0 Å². The first-order chi connectivity index (χ1) is 14.0. The number of hydrogen-bond donors (Lipinski definition) is 2. The van der Waals surface area contributed by atoms with E-state index >= 15 is 0 Å². The minimum atomic E-state index is -0.984. The highest BCUT2D eigenvalue weighted by Crippen LogP contribution is 2.34. The Kier molecular flexibility index (Phi) is 6.91. The van der Waals surface area contributed by atoms with Gasteiger partial charge in [0.2, 0.25) is 0 Å². The van der Waals surface area contributed by atoms with Crippen molar-refractivity contribution in [2.24, 2.45) is 0 Å². The highest BCUT2D eigenvalue weighted by atomic mass is 16.5. The molecule has 3 aromatic carbocycles. The SMILES string of the molecule is COc1ccc(CNC[C@@](C)(O)C(c2ccccc2)c2ccccc2)c(OC)c1. The first-order valence-corrected chi connectivity index (χ1v) is 9.79. The topological polar surface area (TPSA) is 50.7 Å². The summed E-state index contributed by atoms with van der Waals surface area (Å²) in [5.74, 6) is 1.38. The first kappa shape index (κ1) is 20.9. The van der Waals surface area contributed by atoms with Crippen LogP contribution in [-0.4, -0.2) is 31.5 Å². The Morgan fingerprint density at radius 3 is 1.97 bits per heavy atom. The Bertz CT molecular complexity index is 855. The molecule has 1 atom stereocenters. The van der Waals surface area contributed by atoms with Crippen LogP contribution in [0, 0.1) is 0 Å². The van der Waals surface area contributed by atoms with Gasteiger partial charge in [-0.1, -0.05) is 66.7 Å². The van der Waals surface area contributed by atoms with Gasteiger partial charge in [0.1, 0.15) is 11.5 Å². The maximum absolute atomic E-state index is 11.5. The lowest BCUT2D eigenvalue weighted by Crippen LogP contribution is -2.43. The lowest BCUT2D eigenvalue weighted by molar-refractivity contribution is 0.0425. The fourth-order valence-electron chi connectivity index (χ4n) is 3.75. The van der Waals surface area contributed by atoms with Crippen molar-refractivity contribution in [1.82, 2.24) is 5.32 Å². The molecule has 2 N–H and O–H groups in total. The van der Waals surface area contributed by atoms with Crippen molar-refractivity contribution in [2.75, 3.05) is 20.8 Å². The molecule has 0 radical (unpaired) electrons. The van der Waals surface area contributed by atoms with Gasteiger partial charge >= 0.3 is 0 Å². The van der Waals surface area contributed by atoms with Crippen LogP contribution in [0.4, 0.5) is 0 Å². The van der Waals surface area contributed by atoms with Crippen molar-refractivity contribution in [3.05, 3.63) is 95.6 Å². The highest BCUT2D eigenvalue weighted by Gasteiger charge is 2.34. The molecule has 4 nitrogen and oxygen atoms in total. The minimum Gasteiger partial charge on any atom is -0.497 e. The standard InChI is InChI=1S/C25H29NO3/c1-25(27,18-26-17-21-14-15-22(28-2)16-23(21)29-3)24(19-10-6-4-7-11-19)20-12-8-5-9-13-20/h4-16,24,26-27H,17-18H2,1-3H3/t25-/m1/s1.